The molecule has 0 atom stereocenters. The van der Waals surface area contributed by atoms with E-state index in [4.69, 9.17) is 4.74 Å². The minimum atomic E-state index is -6.00. The average molecular weight is 415 g/mol. The van der Waals surface area contributed by atoms with Crippen molar-refractivity contribution in [1.82, 2.24) is 0 Å². The number of hydrogen-bond acceptors (Lipinski definition) is 1. The van der Waals surface area contributed by atoms with E-state index in [2.05, 4.69) is 0 Å². The van der Waals surface area contributed by atoms with E-state index in [0.29, 0.717) is 6.10 Å². The topological polar surface area (TPSA) is 9.23 Å². The summed E-state index contributed by atoms with van der Waals surface area (Å²) in [5, 5.41) is 0. The summed E-state index contributed by atoms with van der Waals surface area (Å²) in [6.07, 6.45) is 7.33. The van der Waals surface area contributed by atoms with Gasteiger partial charge in [0.2, 0.25) is 0 Å². The molecule has 0 saturated heterocycles. The van der Waals surface area contributed by atoms with Gasteiger partial charge >= 0.3 is 73.1 Å². The average Bonchev–Trinajstić information content (AvgIpc) is 2.23. The first-order valence-electron chi connectivity index (χ1n) is 6.08. The Hall–Kier alpha value is 0.951. The van der Waals surface area contributed by atoms with Gasteiger partial charge in [-0.25, -0.2) is 0 Å². The fourth-order valence-electron chi connectivity index (χ4n) is 1.30. The Morgan fingerprint density at radius 2 is 0.792 bits per heavy atom. The molecule has 0 heterocycles. The molecular formula is C7H15B3F12KO-3. The summed E-state index contributed by atoms with van der Waals surface area (Å²) < 4.78 is 122. The number of rotatable bonds is 1. The van der Waals surface area contributed by atoms with Gasteiger partial charge in [0.05, 0.1) is 6.10 Å². The molecule has 1 nitrogen and oxygen atoms in total. The molecule has 17 heteroatoms. The zero-order chi connectivity index (χ0) is 19.3. The Morgan fingerprint density at radius 3 is 0.917 bits per heavy atom. The van der Waals surface area contributed by atoms with Crippen LogP contribution in [0.25, 0.3) is 0 Å². The third kappa shape index (κ3) is 92.2. The van der Waals surface area contributed by atoms with Gasteiger partial charge in [-0.15, -0.1) is 0 Å². The van der Waals surface area contributed by atoms with Gasteiger partial charge in [0, 0.05) is 7.11 Å². The number of methoxy groups -OCH3 is 1. The van der Waals surface area contributed by atoms with Gasteiger partial charge in [0.1, 0.15) is 0 Å². The van der Waals surface area contributed by atoms with Gasteiger partial charge in [-0.3, -0.25) is 0 Å². The third-order valence-electron chi connectivity index (χ3n) is 1.89. The van der Waals surface area contributed by atoms with Crippen LogP contribution < -0.4 is 0 Å². The summed E-state index contributed by atoms with van der Waals surface area (Å²) in [6.45, 7) is 0. The molecule has 0 unspecified atom stereocenters. The zero-order valence-corrected chi connectivity index (χ0v) is 11.8. The van der Waals surface area contributed by atoms with Crippen LogP contribution in [0.15, 0.2) is 0 Å². The molecule has 0 aliphatic heterocycles. The van der Waals surface area contributed by atoms with Crippen molar-refractivity contribution in [2.45, 2.75) is 38.2 Å². The van der Waals surface area contributed by atoms with Crippen molar-refractivity contribution in [1.29, 1.82) is 0 Å². The molecular weight excluding hydrogens is 400 g/mol. The van der Waals surface area contributed by atoms with E-state index in [1.54, 1.807) is 0 Å². The van der Waals surface area contributed by atoms with Gasteiger partial charge in [-0.1, -0.05) is 19.3 Å². The zero-order valence-electron chi connectivity index (χ0n) is 11.8. The van der Waals surface area contributed by atoms with Crippen LogP contribution in [-0.4, -0.2) is 86.4 Å². The Kier molecular flexibility index (Phi) is 21.9. The Morgan fingerprint density at radius 1 is 0.583 bits per heavy atom. The fraction of sp³-hybridized carbons (Fsp3) is 1.00. The second-order valence-corrected chi connectivity index (χ2v) is 3.98. The van der Waals surface area contributed by atoms with E-state index in [1.165, 1.54) is 32.1 Å². The van der Waals surface area contributed by atoms with Gasteiger partial charge in [0.25, 0.3) is 0 Å². The van der Waals surface area contributed by atoms with Crippen molar-refractivity contribution < 1.29 is 56.5 Å². The molecule has 1 saturated carbocycles. The van der Waals surface area contributed by atoms with Crippen molar-refractivity contribution in [3.63, 3.8) is 0 Å². The van der Waals surface area contributed by atoms with Gasteiger partial charge in [-0.05, 0) is 12.8 Å². The summed E-state index contributed by atoms with van der Waals surface area (Å²) in [6, 6.07) is 0. The van der Waals surface area contributed by atoms with Crippen molar-refractivity contribution >= 4 is 73.1 Å². The summed E-state index contributed by atoms with van der Waals surface area (Å²) in [5.41, 5.74) is 0. The van der Waals surface area contributed by atoms with Crippen molar-refractivity contribution in [3.8, 4) is 0 Å². The fourth-order valence-corrected chi connectivity index (χ4v) is 1.30. The molecule has 146 valence electrons. The van der Waals surface area contributed by atoms with Gasteiger partial charge < -0.3 is 56.5 Å². The molecule has 1 rings (SSSR count). The Bertz CT molecular complexity index is 218. The quantitative estimate of drug-likeness (QED) is 0.422. The molecule has 1 fully saturated rings. The molecule has 0 aromatic heterocycles. The molecule has 1 aliphatic rings. The van der Waals surface area contributed by atoms with Crippen LogP contribution in [0.2, 0.25) is 0 Å². The number of halogens is 12. The van der Waals surface area contributed by atoms with Crippen LogP contribution in [0.1, 0.15) is 32.1 Å². The molecule has 0 aromatic rings. The predicted octanol–water partition coefficient (Wildman–Crippen LogP) is 5.22. The van der Waals surface area contributed by atoms with E-state index >= 15 is 0 Å². The molecule has 0 aromatic carbocycles. The normalized spacial score (nSPS) is 15.4. The van der Waals surface area contributed by atoms with E-state index in [-0.39, 0.29) is 51.4 Å². The van der Waals surface area contributed by atoms with Crippen molar-refractivity contribution in [2.75, 3.05) is 7.11 Å². The van der Waals surface area contributed by atoms with E-state index in [1.807, 2.05) is 7.11 Å². The van der Waals surface area contributed by atoms with Crippen LogP contribution in [0.3, 0.4) is 0 Å². The van der Waals surface area contributed by atoms with Crippen LogP contribution in [0.5, 0.6) is 0 Å². The third-order valence-corrected chi connectivity index (χ3v) is 1.89. The number of hydrogen-bond donors (Lipinski definition) is 0. The van der Waals surface area contributed by atoms with E-state index in [0.717, 1.165) is 0 Å². The van der Waals surface area contributed by atoms with Crippen LogP contribution >= 0.6 is 0 Å². The molecule has 0 bridgehead atoms. The first-order valence-corrected chi connectivity index (χ1v) is 6.08. The standard InChI is InChI=1S/C7H14O.3BF4.K.H/c1-8-7-5-3-2-4-6-7;3*2-1(3,4)5;;/h7H,2-6H2,1H3;;;;;/q;3*-1;;. The molecule has 0 radical (unpaired) electrons. The first-order chi connectivity index (χ1) is 9.93. The summed E-state index contributed by atoms with van der Waals surface area (Å²) >= 11 is 0. The SMILES string of the molecule is COC1CCCCC1.F[B-](F)(F)F.F[B-](F)(F)F.F[B-](F)(F)F.[KH]. The van der Waals surface area contributed by atoms with Crippen molar-refractivity contribution in [2.24, 2.45) is 0 Å². The minimum absolute atomic E-state index is 0. The monoisotopic (exact) mass is 415 g/mol. The van der Waals surface area contributed by atoms with Gasteiger partial charge in [-0.2, -0.15) is 0 Å². The molecule has 0 amide bonds. The predicted molar refractivity (Wildman–Crippen MR) is 71.6 cm³/mol. The van der Waals surface area contributed by atoms with E-state index < -0.39 is 21.8 Å². The molecule has 0 spiro atoms. The van der Waals surface area contributed by atoms with Crippen molar-refractivity contribution in [3.05, 3.63) is 0 Å². The summed E-state index contributed by atoms with van der Waals surface area (Å²) in [5.74, 6) is 0. The van der Waals surface area contributed by atoms with Gasteiger partial charge in [0.15, 0.2) is 0 Å². The van der Waals surface area contributed by atoms with Crippen LogP contribution in [-0.2, 0) is 4.74 Å². The van der Waals surface area contributed by atoms with Crippen LogP contribution in [0.4, 0.5) is 51.8 Å². The number of ether oxygens (including phenoxy) is 1. The van der Waals surface area contributed by atoms with E-state index in [9.17, 15) is 51.8 Å². The maximum absolute atomic E-state index is 9.75. The summed E-state index contributed by atoms with van der Waals surface area (Å²) in [7, 11) is -16.2. The summed E-state index contributed by atoms with van der Waals surface area (Å²) in [4.78, 5) is 0. The second kappa shape index (κ2) is 16.1. The molecule has 1 aliphatic carbocycles. The maximum atomic E-state index is 9.75. The molecule has 24 heavy (non-hydrogen) atoms. The second-order valence-electron chi connectivity index (χ2n) is 3.98. The first kappa shape index (κ1) is 32.6. The Labute approximate surface area is 174 Å². The van der Waals surface area contributed by atoms with Crippen LogP contribution in [0, 0.1) is 0 Å². The molecule has 0 N–H and O–H groups in total. The Balaban J connectivity index is -0.000000113.